The Bertz CT molecular complexity index is 1020. The summed E-state index contributed by atoms with van der Waals surface area (Å²) >= 11 is 1.23. The fraction of sp³-hybridized carbons (Fsp3) is 0.238. The molecule has 3 rings (SSSR count). The number of hydrogen-bond donors (Lipinski definition) is 2. The van der Waals surface area contributed by atoms with Gasteiger partial charge in [0, 0.05) is 16.8 Å². The molecule has 0 saturated carbocycles. The van der Waals surface area contributed by atoms with E-state index in [1.165, 1.54) is 23.5 Å². The van der Waals surface area contributed by atoms with Gasteiger partial charge in [-0.2, -0.15) is 13.2 Å². The molecule has 1 heterocycles. The Morgan fingerprint density at radius 2 is 1.79 bits per heavy atom. The number of nitrogens with zero attached hydrogens (tertiary/aromatic N) is 1. The van der Waals surface area contributed by atoms with Crippen LogP contribution in [0.1, 0.15) is 27.9 Å². The van der Waals surface area contributed by atoms with Crippen molar-refractivity contribution < 1.29 is 18.0 Å². The lowest BCUT2D eigenvalue weighted by Crippen LogP contribution is -2.16. The van der Waals surface area contributed by atoms with Gasteiger partial charge >= 0.3 is 6.18 Å². The van der Waals surface area contributed by atoms with Gasteiger partial charge in [-0.05, 0) is 50.1 Å². The second-order valence-electron chi connectivity index (χ2n) is 6.85. The average molecular weight is 419 g/mol. The summed E-state index contributed by atoms with van der Waals surface area (Å²) < 4.78 is 38.5. The van der Waals surface area contributed by atoms with E-state index in [0.717, 1.165) is 34.5 Å². The summed E-state index contributed by atoms with van der Waals surface area (Å²) in [5, 5.41) is 7.92. The number of benzene rings is 2. The predicted octanol–water partition coefficient (Wildman–Crippen LogP) is 6.01. The predicted molar refractivity (Wildman–Crippen MR) is 110 cm³/mol. The number of rotatable bonds is 5. The fourth-order valence-corrected chi connectivity index (χ4v) is 3.80. The number of hydrogen-bond acceptors (Lipinski definition) is 4. The van der Waals surface area contributed by atoms with Crippen LogP contribution in [0.15, 0.2) is 41.8 Å². The quantitative estimate of drug-likeness (QED) is 0.532. The monoisotopic (exact) mass is 419 g/mol. The lowest BCUT2D eigenvalue weighted by atomic mass is 10.0. The van der Waals surface area contributed by atoms with E-state index in [-0.39, 0.29) is 18.0 Å². The van der Waals surface area contributed by atoms with Crippen LogP contribution in [0.5, 0.6) is 0 Å². The molecule has 3 aromatic rings. The molecule has 1 amide bonds. The molecule has 0 unspecified atom stereocenters. The first kappa shape index (κ1) is 20.9. The summed E-state index contributed by atoms with van der Waals surface area (Å²) in [6.45, 7) is 5.88. The van der Waals surface area contributed by atoms with Gasteiger partial charge in [0.15, 0.2) is 5.13 Å². The third-order valence-corrected chi connectivity index (χ3v) is 5.08. The standard InChI is InChI=1S/C21H20F3N3OS/c1-12-7-13(2)19(14(3)8-12)27-18(28)10-17-11-29-20(26-17)25-16-6-4-5-15(9-16)21(22,23)24/h4-9,11H,10H2,1-3H3,(H,25,26)(H,27,28). The van der Waals surface area contributed by atoms with Crippen LogP contribution in [0.2, 0.25) is 0 Å². The SMILES string of the molecule is Cc1cc(C)c(NC(=O)Cc2csc(Nc3cccc(C(F)(F)F)c3)n2)c(C)c1. The molecule has 0 saturated heterocycles. The Morgan fingerprint density at radius 1 is 1.10 bits per heavy atom. The van der Waals surface area contributed by atoms with Crippen LogP contribution in [0.4, 0.5) is 29.7 Å². The molecule has 2 N–H and O–H groups in total. The molecule has 8 heteroatoms. The fourth-order valence-electron chi connectivity index (χ4n) is 3.07. The molecular weight excluding hydrogens is 399 g/mol. The van der Waals surface area contributed by atoms with Crippen LogP contribution in [-0.4, -0.2) is 10.9 Å². The number of anilines is 3. The zero-order valence-electron chi connectivity index (χ0n) is 16.1. The van der Waals surface area contributed by atoms with Crippen molar-refractivity contribution in [3.8, 4) is 0 Å². The average Bonchev–Trinajstić information content (AvgIpc) is 3.04. The van der Waals surface area contributed by atoms with Crippen LogP contribution in [0.3, 0.4) is 0 Å². The maximum Gasteiger partial charge on any atom is 0.416 e. The van der Waals surface area contributed by atoms with Crippen molar-refractivity contribution in [1.29, 1.82) is 0 Å². The Morgan fingerprint density at radius 3 is 2.45 bits per heavy atom. The minimum atomic E-state index is -4.41. The van der Waals surface area contributed by atoms with Crippen molar-refractivity contribution in [3.63, 3.8) is 0 Å². The van der Waals surface area contributed by atoms with E-state index < -0.39 is 11.7 Å². The van der Waals surface area contributed by atoms with E-state index in [1.54, 1.807) is 5.38 Å². The van der Waals surface area contributed by atoms with E-state index in [0.29, 0.717) is 10.8 Å². The van der Waals surface area contributed by atoms with Gasteiger partial charge in [-0.1, -0.05) is 23.8 Å². The van der Waals surface area contributed by atoms with Crippen molar-refractivity contribution in [3.05, 3.63) is 69.7 Å². The Balaban J connectivity index is 1.66. The number of thiazole rings is 1. The van der Waals surface area contributed by atoms with E-state index in [9.17, 15) is 18.0 Å². The van der Waals surface area contributed by atoms with Gasteiger partial charge in [0.1, 0.15) is 0 Å². The third kappa shape index (κ3) is 5.35. The highest BCUT2D eigenvalue weighted by molar-refractivity contribution is 7.13. The number of nitrogens with one attached hydrogen (secondary N) is 2. The van der Waals surface area contributed by atoms with E-state index in [2.05, 4.69) is 15.6 Å². The number of alkyl halides is 3. The second-order valence-corrected chi connectivity index (χ2v) is 7.70. The number of aryl methyl sites for hydroxylation is 3. The highest BCUT2D eigenvalue weighted by Gasteiger charge is 2.30. The highest BCUT2D eigenvalue weighted by atomic mass is 32.1. The van der Waals surface area contributed by atoms with Crippen LogP contribution in [0, 0.1) is 20.8 Å². The maximum atomic E-state index is 12.8. The largest absolute Gasteiger partial charge is 0.416 e. The Hall–Kier alpha value is -2.87. The lowest BCUT2D eigenvalue weighted by Gasteiger charge is -2.12. The van der Waals surface area contributed by atoms with Crippen molar-refractivity contribution in [2.24, 2.45) is 0 Å². The normalized spacial score (nSPS) is 11.4. The number of aromatic nitrogens is 1. The Labute approximate surface area is 170 Å². The molecule has 4 nitrogen and oxygen atoms in total. The zero-order valence-corrected chi connectivity index (χ0v) is 17.0. The first-order valence-electron chi connectivity index (χ1n) is 8.88. The smallest absolute Gasteiger partial charge is 0.332 e. The lowest BCUT2D eigenvalue weighted by molar-refractivity contribution is -0.137. The summed E-state index contributed by atoms with van der Waals surface area (Å²) in [5.41, 5.74) is 3.99. The molecule has 0 aliphatic heterocycles. The zero-order chi connectivity index (χ0) is 21.2. The highest BCUT2D eigenvalue weighted by Crippen LogP contribution is 2.32. The summed E-state index contributed by atoms with van der Waals surface area (Å²) in [6, 6.07) is 8.91. The molecular formula is C21H20F3N3OS. The molecule has 1 aromatic heterocycles. The minimum Gasteiger partial charge on any atom is -0.332 e. The molecule has 29 heavy (non-hydrogen) atoms. The Kier molecular flexibility index (Phi) is 5.93. The van der Waals surface area contributed by atoms with E-state index in [1.807, 2.05) is 32.9 Å². The summed E-state index contributed by atoms with van der Waals surface area (Å²) in [6.07, 6.45) is -4.33. The van der Waals surface area contributed by atoms with Crippen LogP contribution in [0.25, 0.3) is 0 Å². The first-order valence-corrected chi connectivity index (χ1v) is 9.76. The molecule has 0 atom stereocenters. The van der Waals surface area contributed by atoms with E-state index in [4.69, 9.17) is 0 Å². The van der Waals surface area contributed by atoms with Gasteiger partial charge in [-0.15, -0.1) is 11.3 Å². The molecule has 0 aliphatic carbocycles. The number of carbonyl (C=O) groups is 1. The van der Waals surface area contributed by atoms with Crippen molar-refractivity contribution in [2.75, 3.05) is 10.6 Å². The molecule has 0 fully saturated rings. The molecule has 0 aliphatic rings. The van der Waals surface area contributed by atoms with Gasteiger partial charge in [0.25, 0.3) is 0 Å². The van der Waals surface area contributed by atoms with E-state index >= 15 is 0 Å². The molecule has 152 valence electrons. The van der Waals surface area contributed by atoms with Crippen molar-refractivity contribution in [2.45, 2.75) is 33.4 Å². The maximum absolute atomic E-state index is 12.8. The van der Waals surface area contributed by atoms with Gasteiger partial charge in [-0.3, -0.25) is 4.79 Å². The van der Waals surface area contributed by atoms with Gasteiger partial charge in [0.2, 0.25) is 5.91 Å². The first-order chi connectivity index (χ1) is 13.6. The van der Waals surface area contributed by atoms with Gasteiger partial charge < -0.3 is 10.6 Å². The second kappa shape index (κ2) is 8.24. The summed E-state index contributed by atoms with van der Waals surface area (Å²) in [5.74, 6) is -0.198. The molecule has 0 radical (unpaired) electrons. The van der Waals surface area contributed by atoms with Crippen molar-refractivity contribution in [1.82, 2.24) is 4.98 Å². The molecule has 0 bridgehead atoms. The van der Waals surface area contributed by atoms with Crippen LogP contribution >= 0.6 is 11.3 Å². The van der Waals surface area contributed by atoms with Crippen molar-refractivity contribution >= 4 is 33.8 Å². The van der Waals surface area contributed by atoms with Gasteiger partial charge in [0.05, 0.1) is 17.7 Å². The van der Waals surface area contributed by atoms with Crippen LogP contribution in [-0.2, 0) is 17.4 Å². The van der Waals surface area contributed by atoms with Gasteiger partial charge in [-0.25, -0.2) is 4.98 Å². The summed E-state index contributed by atoms with van der Waals surface area (Å²) in [7, 11) is 0. The third-order valence-electron chi connectivity index (χ3n) is 4.28. The number of amides is 1. The number of carbonyl (C=O) groups excluding carboxylic acids is 1. The number of halogens is 3. The summed E-state index contributed by atoms with van der Waals surface area (Å²) in [4.78, 5) is 16.7. The molecule has 0 spiro atoms. The minimum absolute atomic E-state index is 0.0769. The van der Waals surface area contributed by atoms with Crippen LogP contribution < -0.4 is 10.6 Å². The topological polar surface area (TPSA) is 54.0 Å². The molecule has 2 aromatic carbocycles.